The Morgan fingerprint density at radius 1 is 1.19 bits per heavy atom. The van der Waals surface area contributed by atoms with E-state index in [2.05, 4.69) is 32.3 Å². The van der Waals surface area contributed by atoms with Gasteiger partial charge in [0.2, 0.25) is 0 Å². The summed E-state index contributed by atoms with van der Waals surface area (Å²) in [5, 5.41) is 4.50. The van der Waals surface area contributed by atoms with E-state index in [-0.39, 0.29) is 0 Å². The van der Waals surface area contributed by atoms with Gasteiger partial charge in [0.05, 0.1) is 5.52 Å². The maximum atomic E-state index is 4.28. The molecule has 1 saturated heterocycles. The summed E-state index contributed by atoms with van der Waals surface area (Å²) in [5.41, 5.74) is 2.27. The number of fused-ring (bicyclic) bond motifs is 1. The first-order valence-corrected chi connectivity index (χ1v) is 5.59. The second kappa shape index (κ2) is 4.06. The summed E-state index contributed by atoms with van der Waals surface area (Å²) in [6.45, 7) is 4.19. The zero-order valence-electron chi connectivity index (χ0n) is 9.06. The average Bonchev–Trinajstić information content (AvgIpc) is 2.39. The molecule has 1 aliphatic rings. The van der Waals surface area contributed by atoms with Crippen molar-refractivity contribution in [1.29, 1.82) is 0 Å². The standard InChI is InChI=1S/C12H14N4/c1-2-11-10(8-14-9-15-11)12(3-1)16-6-4-13-5-7-16/h1-3,8-9,13H,4-7H2. The lowest BCUT2D eigenvalue weighted by atomic mass is 10.2. The number of rotatable bonds is 1. The third-order valence-corrected chi connectivity index (χ3v) is 2.98. The van der Waals surface area contributed by atoms with Crippen molar-refractivity contribution in [3.05, 3.63) is 30.7 Å². The Bertz CT molecular complexity index is 486. The van der Waals surface area contributed by atoms with E-state index in [0.29, 0.717) is 0 Å². The van der Waals surface area contributed by atoms with Crippen LogP contribution in [-0.4, -0.2) is 36.1 Å². The molecule has 4 nitrogen and oxygen atoms in total. The highest BCUT2D eigenvalue weighted by atomic mass is 15.2. The van der Waals surface area contributed by atoms with Crippen LogP contribution in [0, 0.1) is 0 Å². The lowest BCUT2D eigenvalue weighted by molar-refractivity contribution is 0.590. The largest absolute Gasteiger partial charge is 0.368 e. The fourth-order valence-corrected chi connectivity index (χ4v) is 2.17. The summed E-state index contributed by atoms with van der Waals surface area (Å²) in [4.78, 5) is 10.8. The molecule has 0 aliphatic carbocycles. The molecule has 1 aliphatic heterocycles. The number of piperazine rings is 1. The predicted octanol–water partition coefficient (Wildman–Crippen LogP) is 1.04. The lowest BCUT2D eigenvalue weighted by Crippen LogP contribution is -2.43. The molecule has 1 aromatic heterocycles. The molecule has 0 bridgehead atoms. The minimum absolute atomic E-state index is 1.02. The van der Waals surface area contributed by atoms with Crippen LogP contribution in [0.1, 0.15) is 0 Å². The van der Waals surface area contributed by atoms with Crippen LogP contribution in [0.25, 0.3) is 10.9 Å². The summed E-state index contributed by atoms with van der Waals surface area (Å²) in [7, 11) is 0. The summed E-state index contributed by atoms with van der Waals surface area (Å²) in [6.07, 6.45) is 3.50. The Balaban J connectivity index is 2.08. The van der Waals surface area contributed by atoms with Crippen molar-refractivity contribution in [3.63, 3.8) is 0 Å². The van der Waals surface area contributed by atoms with Crippen LogP contribution in [0.4, 0.5) is 5.69 Å². The van der Waals surface area contributed by atoms with Crippen LogP contribution < -0.4 is 10.2 Å². The Morgan fingerprint density at radius 3 is 2.94 bits per heavy atom. The zero-order chi connectivity index (χ0) is 10.8. The van der Waals surface area contributed by atoms with Crippen molar-refractivity contribution in [1.82, 2.24) is 15.3 Å². The van der Waals surface area contributed by atoms with Crippen molar-refractivity contribution < 1.29 is 0 Å². The van der Waals surface area contributed by atoms with E-state index < -0.39 is 0 Å². The quantitative estimate of drug-likeness (QED) is 0.770. The van der Waals surface area contributed by atoms with Crippen molar-refractivity contribution in [2.75, 3.05) is 31.1 Å². The molecule has 0 atom stereocenters. The summed E-state index contributed by atoms with van der Waals surface area (Å²) in [6, 6.07) is 6.24. The fraction of sp³-hybridized carbons (Fsp3) is 0.333. The van der Waals surface area contributed by atoms with E-state index >= 15 is 0 Å². The molecular weight excluding hydrogens is 200 g/mol. The molecule has 1 aromatic carbocycles. The van der Waals surface area contributed by atoms with Gasteiger partial charge in [0.1, 0.15) is 6.33 Å². The van der Waals surface area contributed by atoms with Gasteiger partial charge in [0.15, 0.2) is 0 Å². The van der Waals surface area contributed by atoms with Gasteiger partial charge in [-0.2, -0.15) is 0 Å². The monoisotopic (exact) mass is 214 g/mol. The maximum Gasteiger partial charge on any atom is 0.116 e. The van der Waals surface area contributed by atoms with Gasteiger partial charge in [-0.15, -0.1) is 0 Å². The summed E-state index contributed by atoms with van der Waals surface area (Å²) in [5.74, 6) is 0. The van der Waals surface area contributed by atoms with Gasteiger partial charge in [0, 0.05) is 43.4 Å². The molecular formula is C12H14N4. The van der Waals surface area contributed by atoms with Gasteiger partial charge in [-0.05, 0) is 12.1 Å². The smallest absolute Gasteiger partial charge is 0.116 e. The third kappa shape index (κ3) is 1.61. The molecule has 16 heavy (non-hydrogen) atoms. The van der Waals surface area contributed by atoms with Crippen LogP contribution in [0.5, 0.6) is 0 Å². The number of aromatic nitrogens is 2. The summed E-state index contributed by atoms with van der Waals surface area (Å²) < 4.78 is 0. The first kappa shape index (κ1) is 9.54. The molecule has 2 aromatic rings. The Kier molecular flexibility index (Phi) is 2.42. The molecule has 1 N–H and O–H groups in total. The number of hydrogen-bond acceptors (Lipinski definition) is 4. The fourth-order valence-electron chi connectivity index (χ4n) is 2.17. The van der Waals surface area contributed by atoms with Gasteiger partial charge in [-0.25, -0.2) is 9.97 Å². The number of nitrogens with zero attached hydrogens (tertiary/aromatic N) is 3. The maximum absolute atomic E-state index is 4.28. The first-order chi connectivity index (χ1) is 7.95. The van der Waals surface area contributed by atoms with Gasteiger partial charge in [-0.1, -0.05) is 6.07 Å². The van der Waals surface area contributed by atoms with Crippen molar-refractivity contribution in [2.24, 2.45) is 0 Å². The van der Waals surface area contributed by atoms with E-state index in [0.717, 1.165) is 37.1 Å². The normalized spacial score (nSPS) is 16.6. The minimum atomic E-state index is 1.02. The van der Waals surface area contributed by atoms with Crippen molar-refractivity contribution in [2.45, 2.75) is 0 Å². The number of anilines is 1. The number of benzene rings is 1. The van der Waals surface area contributed by atoms with Gasteiger partial charge < -0.3 is 10.2 Å². The van der Waals surface area contributed by atoms with Gasteiger partial charge in [-0.3, -0.25) is 0 Å². The van der Waals surface area contributed by atoms with Crippen LogP contribution in [0.2, 0.25) is 0 Å². The van der Waals surface area contributed by atoms with Gasteiger partial charge in [0.25, 0.3) is 0 Å². The Labute approximate surface area is 94.3 Å². The first-order valence-electron chi connectivity index (χ1n) is 5.59. The van der Waals surface area contributed by atoms with E-state index in [1.54, 1.807) is 6.33 Å². The zero-order valence-corrected chi connectivity index (χ0v) is 9.06. The van der Waals surface area contributed by atoms with E-state index in [4.69, 9.17) is 0 Å². The van der Waals surface area contributed by atoms with Crippen LogP contribution in [0.15, 0.2) is 30.7 Å². The molecule has 3 rings (SSSR count). The minimum Gasteiger partial charge on any atom is -0.368 e. The molecule has 0 unspecified atom stereocenters. The topological polar surface area (TPSA) is 41.0 Å². The Morgan fingerprint density at radius 2 is 2.06 bits per heavy atom. The van der Waals surface area contributed by atoms with E-state index in [1.165, 1.54) is 5.69 Å². The van der Waals surface area contributed by atoms with Crippen LogP contribution >= 0.6 is 0 Å². The molecule has 0 radical (unpaired) electrons. The molecule has 4 heteroatoms. The molecule has 0 amide bonds. The highest BCUT2D eigenvalue weighted by Gasteiger charge is 2.12. The van der Waals surface area contributed by atoms with Crippen LogP contribution in [-0.2, 0) is 0 Å². The molecule has 2 heterocycles. The van der Waals surface area contributed by atoms with E-state index in [1.807, 2.05) is 12.3 Å². The lowest BCUT2D eigenvalue weighted by Gasteiger charge is -2.30. The van der Waals surface area contributed by atoms with E-state index in [9.17, 15) is 0 Å². The molecule has 1 fully saturated rings. The number of nitrogens with one attached hydrogen (secondary N) is 1. The van der Waals surface area contributed by atoms with Crippen molar-refractivity contribution >= 4 is 16.6 Å². The summed E-state index contributed by atoms with van der Waals surface area (Å²) >= 11 is 0. The second-order valence-corrected chi connectivity index (χ2v) is 3.97. The third-order valence-electron chi connectivity index (χ3n) is 2.98. The van der Waals surface area contributed by atoms with Crippen LogP contribution in [0.3, 0.4) is 0 Å². The molecule has 82 valence electrons. The highest BCUT2D eigenvalue weighted by Crippen LogP contribution is 2.24. The Hall–Kier alpha value is -1.68. The molecule has 0 saturated carbocycles. The number of hydrogen-bond donors (Lipinski definition) is 1. The molecule has 0 spiro atoms. The average molecular weight is 214 g/mol. The van der Waals surface area contributed by atoms with Crippen molar-refractivity contribution in [3.8, 4) is 0 Å². The highest BCUT2D eigenvalue weighted by molar-refractivity contribution is 5.91. The van der Waals surface area contributed by atoms with Gasteiger partial charge >= 0.3 is 0 Å². The SMILES string of the molecule is c1cc(N2CCNCC2)c2cncnc2c1. The predicted molar refractivity (Wildman–Crippen MR) is 64.6 cm³/mol. The second-order valence-electron chi connectivity index (χ2n) is 3.97.